The van der Waals surface area contributed by atoms with E-state index in [-0.39, 0.29) is 6.04 Å². The van der Waals surface area contributed by atoms with Crippen LogP contribution in [0.4, 0.5) is 5.82 Å². The molecule has 1 fully saturated rings. The summed E-state index contributed by atoms with van der Waals surface area (Å²) in [5.41, 5.74) is 5.41. The summed E-state index contributed by atoms with van der Waals surface area (Å²) in [6.45, 7) is 10.4. The van der Waals surface area contributed by atoms with E-state index in [9.17, 15) is 0 Å². The predicted molar refractivity (Wildman–Crippen MR) is 120 cm³/mol. The van der Waals surface area contributed by atoms with Crippen LogP contribution in [0.5, 0.6) is 0 Å². The van der Waals surface area contributed by atoms with Crippen molar-refractivity contribution in [1.82, 2.24) is 19.9 Å². The minimum Gasteiger partial charge on any atom is -0.379 e. The Hall–Kier alpha value is -2.83. The molecular weight excluding hydrogens is 374 g/mol. The van der Waals surface area contributed by atoms with Crippen LogP contribution in [-0.4, -0.2) is 52.7 Å². The summed E-state index contributed by atoms with van der Waals surface area (Å²) in [4.78, 5) is 16.4. The van der Waals surface area contributed by atoms with Crippen LogP contribution in [0.3, 0.4) is 0 Å². The lowest BCUT2D eigenvalue weighted by molar-refractivity contribution is 0.0187. The maximum atomic E-state index is 5.58. The average Bonchev–Trinajstić information content (AvgIpc) is 2.78. The van der Waals surface area contributed by atoms with E-state index in [0.717, 1.165) is 55.6 Å². The molecule has 30 heavy (non-hydrogen) atoms. The molecule has 2 aromatic heterocycles. The highest BCUT2D eigenvalue weighted by Gasteiger charge is 2.23. The van der Waals surface area contributed by atoms with Crippen molar-refractivity contribution in [2.24, 2.45) is 0 Å². The van der Waals surface area contributed by atoms with E-state index < -0.39 is 0 Å². The summed E-state index contributed by atoms with van der Waals surface area (Å²) in [6, 6.07) is 14.8. The quantitative estimate of drug-likeness (QED) is 0.672. The summed E-state index contributed by atoms with van der Waals surface area (Å²) < 4.78 is 5.58. The Morgan fingerprint density at radius 3 is 2.60 bits per heavy atom. The number of nitrogens with zero attached hydrogens (tertiary/aromatic N) is 4. The van der Waals surface area contributed by atoms with Crippen LogP contribution in [0.2, 0.25) is 0 Å². The first-order chi connectivity index (χ1) is 14.6. The second kappa shape index (κ2) is 9.32. The van der Waals surface area contributed by atoms with Crippen molar-refractivity contribution in [2.45, 2.75) is 26.8 Å². The van der Waals surface area contributed by atoms with Crippen LogP contribution >= 0.6 is 0 Å². The highest BCUT2D eigenvalue weighted by atomic mass is 16.5. The van der Waals surface area contributed by atoms with Gasteiger partial charge in [-0.15, -0.1) is 0 Å². The van der Waals surface area contributed by atoms with Gasteiger partial charge >= 0.3 is 0 Å². The Morgan fingerprint density at radius 1 is 1.03 bits per heavy atom. The van der Waals surface area contributed by atoms with Crippen molar-refractivity contribution in [2.75, 3.05) is 38.2 Å². The Bertz CT molecular complexity index is 986. The first kappa shape index (κ1) is 20.4. The van der Waals surface area contributed by atoms with Crippen molar-refractivity contribution in [1.29, 1.82) is 0 Å². The van der Waals surface area contributed by atoms with Crippen LogP contribution in [0.25, 0.3) is 11.5 Å². The molecule has 0 radical (unpaired) electrons. The molecule has 1 atom stereocenters. The van der Waals surface area contributed by atoms with Gasteiger partial charge in [-0.1, -0.05) is 35.9 Å². The number of hydrogen-bond donors (Lipinski definition) is 1. The van der Waals surface area contributed by atoms with Gasteiger partial charge in [0.15, 0.2) is 5.82 Å². The van der Waals surface area contributed by atoms with Gasteiger partial charge in [0, 0.05) is 37.1 Å². The second-order valence-corrected chi connectivity index (χ2v) is 7.78. The maximum absolute atomic E-state index is 5.58. The molecule has 0 amide bonds. The second-order valence-electron chi connectivity index (χ2n) is 7.78. The van der Waals surface area contributed by atoms with Crippen LogP contribution < -0.4 is 5.32 Å². The van der Waals surface area contributed by atoms with Gasteiger partial charge in [-0.2, -0.15) is 0 Å². The van der Waals surface area contributed by atoms with Gasteiger partial charge in [0.1, 0.15) is 11.5 Å². The van der Waals surface area contributed by atoms with Crippen molar-refractivity contribution >= 4 is 5.82 Å². The number of hydrogen-bond acceptors (Lipinski definition) is 6. The molecule has 0 bridgehead atoms. The molecule has 1 aliphatic rings. The van der Waals surface area contributed by atoms with Gasteiger partial charge in [0.25, 0.3) is 0 Å². The topological polar surface area (TPSA) is 63.2 Å². The number of morpholine rings is 1. The molecule has 1 N–H and O–H groups in total. The minimum atomic E-state index is 0.252. The maximum Gasteiger partial charge on any atom is 0.180 e. The number of aryl methyl sites for hydroxylation is 2. The summed E-state index contributed by atoms with van der Waals surface area (Å²) in [6.07, 6.45) is 1.77. The van der Waals surface area contributed by atoms with Gasteiger partial charge in [-0.25, -0.2) is 9.97 Å². The van der Waals surface area contributed by atoms with Crippen LogP contribution in [0, 0.1) is 20.8 Å². The monoisotopic (exact) mass is 403 g/mol. The first-order valence-corrected chi connectivity index (χ1v) is 10.5. The molecule has 0 spiro atoms. The molecular formula is C24H29N5O. The van der Waals surface area contributed by atoms with E-state index >= 15 is 0 Å². The lowest BCUT2D eigenvalue weighted by atomic mass is 10.0. The zero-order valence-electron chi connectivity index (χ0n) is 17.9. The SMILES string of the molecule is Cc1cccc(C(CNc2nc(-c3ccccn3)nc(C)c2C)N2CCOCC2)c1. The molecule has 3 aromatic rings. The lowest BCUT2D eigenvalue weighted by Crippen LogP contribution is -2.41. The van der Waals surface area contributed by atoms with E-state index in [1.807, 2.05) is 25.1 Å². The van der Waals surface area contributed by atoms with Crippen LogP contribution in [0.15, 0.2) is 48.7 Å². The number of anilines is 1. The molecule has 1 aromatic carbocycles. The van der Waals surface area contributed by atoms with Gasteiger partial charge in [-0.05, 0) is 38.5 Å². The number of pyridine rings is 1. The van der Waals surface area contributed by atoms with Crippen molar-refractivity contribution in [3.05, 3.63) is 71.0 Å². The van der Waals surface area contributed by atoms with Gasteiger partial charge in [0.2, 0.25) is 0 Å². The fraction of sp³-hybridized carbons (Fsp3) is 0.375. The Labute approximate surface area is 178 Å². The molecule has 6 nitrogen and oxygen atoms in total. The molecule has 4 rings (SSSR count). The van der Waals surface area contributed by atoms with E-state index in [2.05, 4.69) is 58.3 Å². The Kier molecular flexibility index (Phi) is 6.35. The number of nitrogens with one attached hydrogen (secondary N) is 1. The summed E-state index contributed by atoms with van der Waals surface area (Å²) in [5.74, 6) is 1.52. The predicted octanol–water partition coefficient (Wildman–Crippen LogP) is 3.95. The van der Waals surface area contributed by atoms with Crippen LogP contribution in [0.1, 0.15) is 28.4 Å². The van der Waals surface area contributed by atoms with Gasteiger partial charge in [-0.3, -0.25) is 9.88 Å². The third-order valence-electron chi connectivity index (χ3n) is 5.66. The van der Waals surface area contributed by atoms with E-state index in [4.69, 9.17) is 9.72 Å². The average molecular weight is 404 g/mol. The molecule has 3 heterocycles. The summed E-state index contributed by atoms with van der Waals surface area (Å²) in [5, 5.41) is 3.62. The van der Waals surface area contributed by atoms with Crippen LogP contribution in [-0.2, 0) is 4.74 Å². The molecule has 156 valence electrons. The standard InChI is InChI=1S/C24H29N5O/c1-17-7-6-8-20(15-17)22(29-11-13-30-14-12-29)16-26-23-18(2)19(3)27-24(28-23)21-9-4-5-10-25-21/h4-10,15,22H,11-14,16H2,1-3H3,(H,26,27,28). The third kappa shape index (κ3) is 4.66. The zero-order valence-corrected chi connectivity index (χ0v) is 17.9. The normalized spacial score (nSPS) is 15.7. The highest BCUT2D eigenvalue weighted by Crippen LogP contribution is 2.25. The number of ether oxygens (including phenoxy) is 1. The van der Waals surface area contributed by atoms with Crippen molar-refractivity contribution < 1.29 is 4.74 Å². The van der Waals surface area contributed by atoms with Crippen molar-refractivity contribution in [3.8, 4) is 11.5 Å². The third-order valence-corrected chi connectivity index (χ3v) is 5.66. The van der Waals surface area contributed by atoms with E-state index in [1.54, 1.807) is 6.20 Å². The first-order valence-electron chi connectivity index (χ1n) is 10.5. The summed E-state index contributed by atoms with van der Waals surface area (Å²) >= 11 is 0. The molecule has 1 aliphatic heterocycles. The van der Waals surface area contributed by atoms with E-state index in [1.165, 1.54) is 11.1 Å². The highest BCUT2D eigenvalue weighted by molar-refractivity contribution is 5.56. The fourth-order valence-corrected chi connectivity index (χ4v) is 3.83. The smallest absolute Gasteiger partial charge is 0.180 e. The fourth-order valence-electron chi connectivity index (χ4n) is 3.83. The molecule has 1 saturated heterocycles. The molecule has 6 heteroatoms. The van der Waals surface area contributed by atoms with Gasteiger partial charge < -0.3 is 10.1 Å². The van der Waals surface area contributed by atoms with Gasteiger partial charge in [0.05, 0.1) is 19.3 Å². The summed E-state index contributed by atoms with van der Waals surface area (Å²) in [7, 11) is 0. The molecule has 0 aliphatic carbocycles. The number of aromatic nitrogens is 3. The Morgan fingerprint density at radius 2 is 1.87 bits per heavy atom. The molecule has 0 saturated carbocycles. The van der Waals surface area contributed by atoms with E-state index in [0.29, 0.717) is 5.82 Å². The van der Waals surface area contributed by atoms with Crippen molar-refractivity contribution in [3.63, 3.8) is 0 Å². The largest absolute Gasteiger partial charge is 0.379 e. The zero-order chi connectivity index (χ0) is 20.9. The minimum absolute atomic E-state index is 0.252. The molecule has 1 unspecified atom stereocenters. The number of benzene rings is 1. The lowest BCUT2D eigenvalue weighted by Gasteiger charge is -2.35. The number of rotatable bonds is 6. The Balaban J connectivity index is 1.61.